The Kier molecular flexibility index (Phi) is 8.66. The average molecular weight is 360 g/mol. The fourth-order valence-electron chi connectivity index (χ4n) is 2.02. The third-order valence-electron chi connectivity index (χ3n) is 3.02. The molecule has 0 heterocycles. The molecule has 0 spiro atoms. The second kappa shape index (κ2) is 9.69. The molecule has 1 aromatic rings. The van der Waals surface area contributed by atoms with Crippen molar-refractivity contribution >= 4 is 27.7 Å². The number of benzene rings is 1. The molecule has 0 saturated heterocycles. The van der Waals surface area contributed by atoms with Crippen LogP contribution in [0.5, 0.6) is 5.75 Å². The van der Waals surface area contributed by atoms with Crippen molar-refractivity contribution in [3.63, 3.8) is 0 Å². The zero-order valence-electron chi connectivity index (χ0n) is 12.9. The highest BCUT2D eigenvalue weighted by Gasteiger charge is 2.13. The van der Waals surface area contributed by atoms with Gasteiger partial charge in [-0.05, 0) is 48.4 Å². The smallest absolute Gasteiger partial charge is 0.122 e. The first kappa shape index (κ1) is 17.9. The van der Waals surface area contributed by atoms with Crippen LogP contribution in [-0.4, -0.2) is 30.7 Å². The van der Waals surface area contributed by atoms with E-state index in [-0.39, 0.29) is 0 Å². The van der Waals surface area contributed by atoms with E-state index in [4.69, 9.17) is 4.74 Å². The molecule has 2 nitrogen and oxygen atoms in total. The predicted octanol–water partition coefficient (Wildman–Crippen LogP) is 4.51. The molecule has 0 saturated carbocycles. The molecular formula is C16H26BrNOS. The highest BCUT2D eigenvalue weighted by atomic mass is 79.9. The van der Waals surface area contributed by atoms with E-state index in [1.54, 1.807) is 7.11 Å². The summed E-state index contributed by atoms with van der Waals surface area (Å²) in [7, 11) is 1.74. The summed E-state index contributed by atoms with van der Waals surface area (Å²) < 4.78 is 6.59. The molecule has 0 aromatic heterocycles. The molecule has 1 rings (SSSR count). The molecule has 0 amide bonds. The minimum Gasteiger partial charge on any atom is -0.496 e. The van der Waals surface area contributed by atoms with Crippen LogP contribution < -0.4 is 10.1 Å². The van der Waals surface area contributed by atoms with Crippen molar-refractivity contribution in [3.05, 3.63) is 28.2 Å². The molecule has 0 aliphatic carbocycles. The number of methoxy groups -OCH3 is 1. The number of thioether (sulfide) groups is 1. The summed E-state index contributed by atoms with van der Waals surface area (Å²) in [4.78, 5) is 0. The first-order valence-corrected chi connectivity index (χ1v) is 9.08. The Bertz CT molecular complexity index is 398. The van der Waals surface area contributed by atoms with Crippen LogP contribution in [0, 0.1) is 0 Å². The molecule has 1 aromatic carbocycles. The van der Waals surface area contributed by atoms with Crippen LogP contribution in [0.25, 0.3) is 0 Å². The third kappa shape index (κ3) is 6.51. The summed E-state index contributed by atoms with van der Waals surface area (Å²) >= 11 is 5.56. The van der Waals surface area contributed by atoms with Crippen LogP contribution >= 0.6 is 27.7 Å². The fraction of sp³-hybridized carbons (Fsp3) is 0.625. The van der Waals surface area contributed by atoms with Crippen LogP contribution in [0.3, 0.4) is 0 Å². The lowest BCUT2D eigenvalue weighted by atomic mass is 10.1. The molecule has 4 heteroatoms. The Balaban J connectivity index is 2.73. The van der Waals surface area contributed by atoms with Crippen molar-refractivity contribution < 1.29 is 4.74 Å². The standard InChI is InChI=1S/C16H26BrNOS/c1-5-8-18-15(11-20-12(2)3)10-13-9-14(17)6-7-16(13)19-4/h6-7,9,12,15,18H,5,8,10-11H2,1-4H3. The lowest BCUT2D eigenvalue weighted by Gasteiger charge is -2.20. The summed E-state index contributed by atoms with van der Waals surface area (Å²) in [5.41, 5.74) is 1.26. The van der Waals surface area contributed by atoms with Crippen molar-refractivity contribution in [1.82, 2.24) is 5.32 Å². The third-order valence-corrected chi connectivity index (χ3v) is 4.78. The van der Waals surface area contributed by atoms with Crippen molar-refractivity contribution in [1.29, 1.82) is 0 Å². The van der Waals surface area contributed by atoms with Crippen molar-refractivity contribution in [2.24, 2.45) is 0 Å². The maximum atomic E-state index is 5.48. The van der Waals surface area contributed by atoms with Crippen LogP contribution in [0.15, 0.2) is 22.7 Å². The number of nitrogens with one attached hydrogen (secondary N) is 1. The zero-order chi connectivity index (χ0) is 15.0. The van der Waals surface area contributed by atoms with Gasteiger partial charge in [-0.2, -0.15) is 11.8 Å². The van der Waals surface area contributed by atoms with E-state index in [1.807, 2.05) is 23.9 Å². The highest BCUT2D eigenvalue weighted by molar-refractivity contribution is 9.10. The maximum absolute atomic E-state index is 5.48. The van der Waals surface area contributed by atoms with Gasteiger partial charge in [-0.1, -0.05) is 36.7 Å². The molecular weight excluding hydrogens is 334 g/mol. The summed E-state index contributed by atoms with van der Waals surface area (Å²) in [5, 5.41) is 4.32. The Morgan fingerprint density at radius 2 is 2.10 bits per heavy atom. The van der Waals surface area contributed by atoms with Crippen LogP contribution in [-0.2, 0) is 6.42 Å². The van der Waals surface area contributed by atoms with Crippen LogP contribution in [0.4, 0.5) is 0 Å². The number of rotatable bonds is 9. The van der Waals surface area contributed by atoms with Gasteiger partial charge in [0.25, 0.3) is 0 Å². The van der Waals surface area contributed by atoms with Gasteiger partial charge in [0.15, 0.2) is 0 Å². The second-order valence-corrected chi connectivity index (χ2v) is 7.72. The second-order valence-electron chi connectivity index (χ2n) is 5.19. The van der Waals surface area contributed by atoms with E-state index in [2.05, 4.69) is 48.1 Å². The quantitative estimate of drug-likeness (QED) is 0.700. The first-order valence-electron chi connectivity index (χ1n) is 7.24. The molecule has 0 fully saturated rings. The van der Waals surface area contributed by atoms with Gasteiger partial charge in [0.05, 0.1) is 7.11 Å². The van der Waals surface area contributed by atoms with Gasteiger partial charge in [0.2, 0.25) is 0 Å². The van der Waals surface area contributed by atoms with Gasteiger partial charge in [-0.15, -0.1) is 0 Å². The van der Waals surface area contributed by atoms with E-state index >= 15 is 0 Å². The SMILES string of the molecule is CCCNC(CSC(C)C)Cc1cc(Br)ccc1OC. The van der Waals surface area contributed by atoms with E-state index in [9.17, 15) is 0 Å². The molecule has 1 unspecified atom stereocenters. The van der Waals surface area contributed by atoms with Gasteiger partial charge in [0.1, 0.15) is 5.75 Å². The van der Waals surface area contributed by atoms with Gasteiger partial charge >= 0.3 is 0 Å². The Morgan fingerprint density at radius 1 is 1.35 bits per heavy atom. The van der Waals surface area contributed by atoms with Gasteiger partial charge in [-0.3, -0.25) is 0 Å². The summed E-state index contributed by atoms with van der Waals surface area (Å²) in [6.45, 7) is 7.78. The fourth-order valence-corrected chi connectivity index (χ4v) is 3.28. The minimum atomic E-state index is 0.491. The van der Waals surface area contributed by atoms with E-state index in [0.717, 1.165) is 28.9 Å². The highest BCUT2D eigenvalue weighted by Crippen LogP contribution is 2.25. The van der Waals surface area contributed by atoms with E-state index in [0.29, 0.717) is 11.3 Å². The number of halogens is 1. The van der Waals surface area contributed by atoms with Crippen molar-refractivity contribution in [2.75, 3.05) is 19.4 Å². The van der Waals surface area contributed by atoms with E-state index in [1.165, 1.54) is 12.0 Å². The minimum absolute atomic E-state index is 0.491. The topological polar surface area (TPSA) is 21.3 Å². The molecule has 0 radical (unpaired) electrons. The average Bonchev–Trinajstić information content (AvgIpc) is 2.42. The maximum Gasteiger partial charge on any atom is 0.122 e. The Morgan fingerprint density at radius 3 is 2.70 bits per heavy atom. The van der Waals surface area contributed by atoms with Gasteiger partial charge in [-0.25, -0.2) is 0 Å². The Hall–Kier alpha value is -0.190. The number of ether oxygens (including phenoxy) is 1. The number of hydrogen-bond acceptors (Lipinski definition) is 3. The molecule has 1 N–H and O–H groups in total. The molecule has 0 aliphatic heterocycles. The molecule has 0 bridgehead atoms. The van der Waals surface area contributed by atoms with Crippen molar-refractivity contribution in [2.45, 2.75) is 44.9 Å². The van der Waals surface area contributed by atoms with Gasteiger partial charge < -0.3 is 10.1 Å². The molecule has 0 aliphatic rings. The predicted molar refractivity (Wildman–Crippen MR) is 94.1 cm³/mol. The Labute approximate surface area is 136 Å². The number of hydrogen-bond donors (Lipinski definition) is 1. The van der Waals surface area contributed by atoms with Gasteiger partial charge in [0, 0.05) is 16.3 Å². The normalized spacial score (nSPS) is 12.7. The largest absolute Gasteiger partial charge is 0.496 e. The zero-order valence-corrected chi connectivity index (χ0v) is 15.3. The van der Waals surface area contributed by atoms with Crippen molar-refractivity contribution in [3.8, 4) is 5.75 Å². The van der Waals surface area contributed by atoms with Crippen LogP contribution in [0.2, 0.25) is 0 Å². The monoisotopic (exact) mass is 359 g/mol. The summed E-state index contributed by atoms with van der Waals surface area (Å²) in [6.07, 6.45) is 2.17. The first-order chi connectivity index (χ1) is 9.56. The summed E-state index contributed by atoms with van der Waals surface area (Å²) in [6, 6.07) is 6.72. The molecule has 20 heavy (non-hydrogen) atoms. The molecule has 1 atom stereocenters. The van der Waals surface area contributed by atoms with Crippen LogP contribution in [0.1, 0.15) is 32.8 Å². The lowest BCUT2D eigenvalue weighted by molar-refractivity contribution is 0.406. The summed E-state index contributed by atoms with van der Waals surface area (Å²) in [5.74, 6) is 2.11. The van der Waals surface area contributed by atoms with E-state index < -0.39 is 0 Å². The lowest BCUT2D eigenvalue weighted by Crippen LogP contribution is -2.34. The molecule has 114 valence electrons.